The Hall–Kier alpha value is -1.98. The lowest BCUT2D eigenvalue weighted by Gasteiger charge is -2.60. The van der Waals surface area contributed by atoms with E-state index in [1.165, 1.54) is 12.1 Å². The summed E-state index contributed by atoms with van der Waals surface area (Å²) in [5, 5.41) is 11.7. The van der Waals surface area contributed by atoms with Gasteiger partial charge in [-0.1, -0.05) is 6.07 Å². The third kappa shape index (κ3) is 2.07. The van der Waals surface area contributed by atoms with Crippen molar-refractivity contribution >= 4 is 16.2 Å². The lowest BCUT2D eigenvalue weighted by molar-refractivity contribution is -0.151. The Balaban J connectivity index is 0.00000180. The van der Waals surface area contributed by atoms with Crippen LogP contribution in [0.4, 0.5) is 0 Å². The fourth-order valence-corrected chi connectivity index (χ4v) is 5.65. The lowest BCUT2D eigenvalue weighted by atomic mass is 9.51. The minimum atomic E-state index is -4.75. The molecule has 2 aliphatic heterocycles. The Labute approximate surface area is 155 Å². The molecule has 4 atom stereocenters. The van der Waals surface area contributed by atoms with Crippen LogP contribution in [0, 0.1) is 0 Å². The number of rotatable bonds is 2. The van der Waals surface area contributed by atoms with Gasteiger partial charge in [0, 0.05) is 11.6 Å². The number of likely N-dealkylation sites (N-methyl/N-ethyl adjacent to an activating group) is 1. The van der Waals surface area contributed by atoms with Crippen molar-refractivity contribution in [1.29, 1.82) is 0 Å². The van der Waals surface area contributed by atoms with Gasteiger partial charge in [0.2, 0.25) is 0 Å². The van der Waals surface area contributed by atoms with E-state index in [-0.39, 0.29) is 28.8 Å². The van der Waals surface area contributed by atoms with Gasteiger partial charge < -0.3 is 19.5 Å². The van der Waals surface area contributed by atoms with Gasteiger partial charge in [-0.15, -0.1) is 0 Å². The predicted octanol–water partition coefficient (Wildman–Crippen LogP) is -0.828. The lowest BCUT2D eigenvalue weighted by Crippen LogP contribution is -2.74. The number of carbonyl (C=O) groups is 1. The molecule has 0 unspecified atom stereocenters. The highest BCUT2D eigenvalue weighted by Gasteiger charge is 2.71. The molecule has 10 heteroatoms. The van der Waals surface area contributed by atoms with E-state index >= 15 is 0 Å². The highest BCUT2D eigenvalue weighted by atomic mass is 32.3. The number of hydrogen-bond acceptors (Lipinski definition) is 7. The van der Waals surface area contributed by atoms with Crippen LogP contribution in [0.15, 0.2) is 24.3 Å². The zero-order valence-corrected chi connectivity index (χ0v) is 15.2. The molecule has 0 aromatic heterocycles. The summed E-state index contributed by atoms with van der Waals surface area (Å²) in [5.74, 6) is -0.342. The first kappa shape index (κ1) is 18.4. The topological polar surface area (TPSA) is 145 Å². The minimum Gasteiger partial charge on any atom is -0.477 e. The van der Waals surface area contributed by atoms with Crippen LogP contribution in [0.1, 0.15) is 17.5 Å². The number of carbonyl (C=O) groups excluding carboxylic acids is 1. The predicted molar refractivity (Wildman–Crippen MR) is 92.2 cm³/mol. The molecule has 27 heavy (non-hydrogen) atoms. The number of likely N-dealkylation sites (tertiary alicyclic amines) is 1. The summed E-state index contributed by atoms with van der Waals surface area (Å²) < 4.78 is 42.0. The number of ketones is 1. The molecular formula is C17H19NO8S. The zero-order chi connectivity index (χ0) is 18.5. The molecule has 1 spiro atoms. The van der Waals surface area contributed by atoms with Crippen molar-refractivity contribution in [2.75, 3.05) is 13.6 Å². The maximum atomic E-state index is 12.6. The van der Waals surface area contributed by atoms with Gasteiger partial charge >= 0.3 is 10.4 Å². The van der Waals surface area contributed by atoms with Gasteiger partial charge in [-0.3, -0.25) is 14.2 Å². The van der Waals surface area contributed by atoms with E-state index in [1.54, 1.807) is 12.1 Å². The average Bonchev–Trinajstić information content (AvgIpc) is 2.90. The van der Waals surface area contributed by atoms with Crippen LogP contribution in [0.25, 0.3) is 0 Å². The third-order valence-corrected chi connectivity index (χ3v) is 6.71. The molecule has 2 bridgehead atoms. The summed E-state index contributed by atoms with van der Waals surface area (Å²) in [7, 11) is -2.82. The number of aliphatic hydroxyl groups is 1. The summed E-state index contributed by atoms with van der Waals surface area (Å²) in [6.07, 6.45) is 2.96. The van der Waals surface area contributed by atoms with E-state index in [1.807, 2.05) is 7.05 Å². The maximum absolute atomic E-state index is 12.6. The van der Waals surface area contributed by atoms with E-state index in [0.717, 1.165) is 5.56 Å². The van der Waals surface area contributed by atoms with Crippen molar-refractivity contribution in [2.24, 2.45) is 0 Å². The van der Waals surface area contributed by atoms with Crippen LogP contribution in [-0.4, -0.2) is 65.6 Å². The summed E-state index contributed by atoms with van der Waals surface area (Å²) >= 11 is 0. The fourth-order valence-electron chi connectivity index (χ4n) is 5.29. The van der Waals surface area contributed by atoms with Crippen molar-refractivity contribution in [3.63, 3.8) is 0 Å². The van der Waals surface area contributed by atoms with Crippen LogP contribution in [-0.2, 0) is 27.0 Å². The molecule has 9 nitrogen and oxygen atoms in total. The minimum absolute atomic E-state index is 0. The molecule has 4 aliphatic rings. The van der Waals surface area contributed by atoms with Gasteiger partial charge in [0.05, 0.1) is 5.41 Å². The van der Waals surface area contributed by atoms with Gasteiger partial charge in [-0.25, -0.2) is 0 Å². The number of benzene rings is 1. The Morgan fingerprint density at radius 3 is 2.81 bits per heavy atom. The second kappa shape index (κ2) is 5.30. The molecule has 1 fully saturated rings. The van der Waals surface area contributed by atoms with Gasteiger partial charge in [-0.05, 0) is 50.2 Å². The molecular weight excluding hydrogens is 378 g/mol. The molecule has 146 valence electrons. The van der Waals surface area contributed by atoms with Gasteiger partial charge in [0.25, 0.3) is 0 Å². The summed E-state index contributed by atoms with van der Waals surface area (Å²) in [6, 6.07) is 2.90. The smallest absolute Gasteiger partial charge is 0.446 e. The first-order chi connectivity index (χ1) is 12.2. The first-order valence-electron chi connectivity index (χ1n) is 8.33. The Bertz CT molecular complexity index is 989. The van der Waals surface area contributed by atoms with Crippen LogP contribution in [0.2, 0.25) is 0 Å². The van der Waals surface area contributed by atoms with Crippen LogP contribution in [0.3, 0.4) is 0 Å². The number of piperidine rings is 1. The number of hydrogen-bond donors (Lipinski definition) is 2. The van der Waals surface area contributed by atoms with Crippen LogP contribution in [0.5, 0.6) is 11.5 Å². The SMILES string of the molecule is CN1CC[C@]23c4c5ccc(OS(=O)(=O)O)c4O[C@H]2C(=O)C=C[C@@]3(O)[C@H]1C5.O. The first-order valence-corrected chi connectivity index (χ1v) is 9.69. The highest BCUT2D eigenvalue weighted by Crippen LogP contribution is 2.63. The number of ether oxygens (including phenoxy) is 1. The molecule has 2 heterocycles. The summed E-state index contributed by atoms with van der Waals surface area (Å²) in [4.78, 5) is 14.7. The van der Waals surface area contributed by atoms with E-state index in [4.69, 9.17) is 9.29 Å². The summed E-state index contributed by atoms with van der Waals surface area (Å²) in [5.41, 5.74) is -0.798. The van der Waals surface area contributed by atoms with Gasteiger partial charge in [-0.2, -0.15) is 8.42 Å². The van der Waals surface area contributed by atoms with E-state index in [2.05, 4.69) is 9.08 Å². The Morgan fingerprint density at radius 1 is 1.37 bits per heavy atom. The van der Waals surface area contributed by atoms with Crippen molar-refractivity contribution in [2.45, 2.75) is 36.0 Å². The van der Waals surface area contributed by atoms with E-state index < -0.39 is 27.5 Å². The highest BCUT2D eigenvalue weighted by molar-refractivity contribution is 7.81. The average molecular weight is 397 g/mol. The van der Waals surface area contributed by atoms with E-state index in [0.29, 0.717) is 24.9 Å². The van der Waals surface area contributed by atoms with Crippen LogP contribution < -0.4 is 8.92 Å². The molecule has 2 aliphatic carbocycles. The van der Waals surface area contributed by atoms with Crippen molar-refractivity contribution < 1.29 is 37.3 Å². The Kier molecular flexibility index (Phi) is 3.61. The second-order valence-electron chi connectivity index (χ2n) is 7.42. The molecule has 5 rings (SSSR count). The zero-order valence-electron chi connectivity index (χ0n) is 14.4. The van der Waals surface area contributed by atoms with Crippen LogP contribution >= 0.6 is 0 Å². The molecule has 1 aromatic carbocycles. The molecule has 0 saturated carbocycles. The van der Waals surface area contributed by atoms with E-state index in [9.17, 15) is 18.3 Å². The normalized spacial score (nSPS) is 35.9. The third-order valence-electron chi connectivity index (χ3n) is 6.32. The monoisotopic (exact) mass is 397 g/mol. The Morgan fingerprint density at radius 2 is 2.11 bits per heavy atom. The molecule has 1 aromatic rings. The standard InChI is InChI=1S/C17H17NO7S.H2O/c1-18-7-6-16-13-9-2-3-11(25-26(21,22)23)14(13)24-15(16)10(19)4-5-17(16,20)12(18)8-9;/h2-5,12,15,20H,6-8H2,1H3,(H,21,22,23);1H2/t12-,15+,16+,17-;/m1./s1. The number of nitrogens with zero attached hydrogens (tertiary/aromatic N) is 1. The quantitative estimate of drug-likeness (QED) is 0.615. The largest absolute Gasteiger partial charge is 0.477 e. The van der Waals surface area contributed by atoms with Gasteiger partial charge in [0.1, 0.15) is 5.60 Å². The fraction of sp³-hybridized carbons (Fsp3) is 0.471. The molecule has 1 saturated heterocycles. The summed E-state index contributed by atoms with van der Waals surface area (Å²) in [6.45, 7) is 0.663. The molecule has 0 amide bonds. The molecule has 4 N–H and O–H groups in total. The molecule has 0 radical (unpaired) electrons. The van der Waals surface area contributed by atoms with Gasteiger partial charge in [0.15, 0.2) is 23.4 Å². The van der Waals surface area contributed by atoms with Crippen molar-refractivity contribution in [3.05, 3.63) is 35.4 Å². The van der Waals surface area contributed by atoms with Crippen molar-refractivity contribution in [1.82, 2.24) is 4.90 Å². The second-order valence-corrected chi connectivity index (χ2v) is 8.44. The van der Waals surface area contributed by atoms with Crippen molar-refractivity contribution in [3.8, 4) is 11.5 Å². The maximum Gasteiger partial charge on any atom is 0.446 e.